The smallest absolute Gasteiger partial charge is 0.0241 e. The average molecular weight is 173 g/mol. The first kappa shape index (κ1) is 10.0. The topological polar surface area (TPSA) is 0 Å². The maximum Gasteiger partial charge on any atom is -0.0241 e. The van der Waals surface area contributed by atoms with E-state index >= 15 is 0 Å². The van der Waals surface area contributed by atoms with Crippen molar-refractivity contribution in [3.8, 4) is 0 Å². The van der Waals surface area contributed by atoms with Gasteiger partial charge in [-0.25, -0.2) is 0 Å². The predicted molar refractivity (Wildman–Crippen MR) is 58.3 cm³/mol. The average Bonchev–Trinajstić information content (AvgIpc) is 2.18. The Balaban J connectivity index is 2.38. The van der Waals surface area contributed by atoms with E-state index in [1.165, 1.54) is 19.3 Å². The molecule has 13 heavy (non-hydrogen) atoms. The molecule has 1 aliphatic rings. The Kier molecular flexibility index (Phi) is 5.87. The molecule has 0 atom stereocenters. The van der Waals surface area contributed by atoms with Gasteiger partial charge >= 0.3 is 0 Å². The zero-order chi connectivity index (χ0) is 9.19. The molecule has 0 N–H and O–H groups in total. The number of hydrogen-bond acceptors (Lipinski definition) is 0. The summed E-state index contributed by atoms with van der Waals surface area (Å²) in [5.41, 5.74) is 0. The van der Waals surface area contributed by atoms with Crippen LogP contribution in [0.25, 0.3) is 0 Å². The van der Waals surface area contributed by atoms with E-state index in [9.17, 15) is 0 Å². The molecule has 0 aromatic rings. The zero-order valence-corrected chi connectivity index (χ0v) is 8.08. The van der Waals surface area contributed by atoms with Crippen LogP contribution in [-0.2, 0) is 0 Å². The second kappa shape index (κ2) is 7.60. The Bertz CT molecular complexity index is 216. The number of allylic oxidation sites excluding steroid dienone is 8. The van der Waals surface area contributed by atoms with Gasteiger partial charge in [-0.3, -0.25) is 0 Å². The van der Waals surface area contributed by atoms with Crippen LogP contribution in [0, 0.1) is 6.08 Å². The Morgan fingerprint density at radius 1 is 0.769 bits per heavy atom. The van der Waals surface area contributed by atoms with E-state index in [-0.39, 0.29) is 0 Å². The fraction of sp³-hybridized carbons (Fsp3) is 0.385. The summed E-state index contributed by atoms with van der Waals surface area (Å²) in [6, 6.07) is 0. The summed E-state index contributed by atoms with van der Waals surface area (Å²) in [5.74, 6) is 0. The van der Waals surface area contributed by atoms with E-state index in [1.54, 1.807) is 0 Å². The summed E-state index contributed by atoms with van der Waals surface area (Å²) in [4.78, 5) is 0. The summed E-state index contributed by atoms with van der Waals surface area (Å²) in [6.45, 7) is 0. The molecule has 0 unspecified atom stereocenters. The van der Waals surface area contributed by atoms with Gasteiger partial charge in [-0.15, -0.1) is 0 Å². The van der Waals surface area contributed by atoms with Crippen molar-refractivity contribution >= 4 is 0 Å². The van der Waals surface area contributed by atoms with Gasteiger partial charge in [-0.2, -0.15) is 0 Å². The maximum absolute atomic E-state index is 3.23. The Labute approximate surface area is 81.4 Å². The summed E-state index contributed by atoms with van der Waals surface area (Å²) < 4.78 is 0. The molecule has 0 fully saturated rings. The maximum atomic E-state index is 3.23. The van der Waals surface area contributed by atoms with Gasteiger partial charge < -0.3 is 0 Å². The molecule has 0 bridgehead atoms. The summed E-state index contributed by atoms with van der Waals surface area (Å²) >= 11 is 0. The van der Waals surface area contributed by atoms with Gasteiger partial charge in [0.05, 0.1) is 0 Å². The third kappa shape index (κ3) is 6.15. The largest absolute Gasteiger partial charge is 0.0885 e. The lowest BCUT2D eigenvalue weighted by molar-refractivity contribution is 0.862. The van der Waals surface area contributed by atoms with E-state index in [2.05, 4.69) is 36.5 Å². The van der Waals surface area contributed by atoms with Gasteiger partial charge in [-0.1, -0.05) is 42.5 Å². The van der Waals surface area contributed by atoms with Crippen molar-refractivity contribution in [1.29, 1.82) is 0 Å². The van der Waals surface area contributed by atoms with Crippen molar-refractivity contribution in [3.05, 3.63) is 48.6 Å². The Morgan fingerprint density at radius 3 is 2.62 bits per heavy atom. The molecule has 1 aliphatic carbocycles. The predicted octanol–water partition coefficient (Wildman–Crippen LogP) is 3.98. The molecule has 0 saturated heterocycles. The van der Waals surface area contributed by atoms with E-state index in [0.717, 1.165) is 12.8 Å². The van der Waals surface area contributed by atoms with Crippen LogP contribution in [-0.4, -0.2) is 0 Å². The summed E-state index contributed by atoms with van der Waals surface area (Å²) in [7, 11) is 0. The standard InChI is InChI=1S/C13H17/c1-2-4-6-8-10-12-13-11-9-7-5-3-1/h1-5,12-13H,6,8-11H2/b3-1-,4-2+,7-5?,13-12-. The van der Waals surface area contributed by atoms with Crippen molar-refractivity contribution in [2.24, 2.45) is 0 Å². The molecule has 0 saturated carbocycles. The molecular formula is C13H17. The quantitative estimate of drug-likeness (QED) is 0.486. The lowest BCUT2D eigenvalue weighted by Crippen LogP contribution is -1.69. The van der Waals surface area contributed by atoms with E-state index in [1.807, 2.05) is 12.2 Å². The molecule has 1 radical (unpaired) electrons. The van der Waals surface area contributed by atoms with E-state index < -0.39 is 0 Å². The molecule has 0 spiro atoms. The number of hydrogen-bond donors (Lipinski definition) is 0. The minimum Gasteiger partial charge on any atom is -0.0885 e. The van der Waals surface area contributed by atoms with Crippen LogP contribution in [0.4, 0.5) is 0 Å². The van der Waals surface area contributed by atoms with Gasteiger partial charge in [0.1, 0.15) is 0 Å². The first-order valence-electron chi connectivity index (χ1n) is 5.03. The Morgan fingerprint density at radius 2 is 1.62 bits per heavy atom. The molecule has 0 aromatic heterocycles. The van der Waals surface area contributed by atoms with Crippen molar-refractivity contribution in [2.75, 3.05) is 0 Å². The van der Waals surface area contributed by atoms with Gasteiger partial charge in [0.2, 0.25) is 0 Å². The van der Waals surface area contributed by atoms with Crippen molar-refractivity contribution in [2.45, 2.75) is 32.1 Å². The highest BCUT2D eigenvalue weighted by Gasteiger charge is 1.81. The van der Waals surface area contributed by atoms with Crippen LogP contribution in [0.1, 0.15) is 32.1 Å². The lowest BCUT2D eigenvalue weighted by Gasteiger charge is -1.89. The molecule has 0 aliphatic heterocycles. The fourth-order valence-electron chi connectivity index (χ4n) is 1.20. The van der Waals surface area contributed by atoms with E-state index in [0.29, 0.717) is 0 Å². The minimum absolute atomic E-state index is 1.03. The molecular weight excluding hydrogens is 156 g/mol. The SMILES string of the molecule is [C]1=C/C=C\C=C\CCC/C=C\CC/1. The first-order chi connectivity index (χ1) is 6.50. The summed E-state index contributed by atoms with van der Waals surface area (Å²) in [6.07, 6.45) is 24.0. The molecule has 69 valence electrons. The van der Waals surface area contributed by atoms with Crippen molar-refractivity contribution in [1.82, 2.24) is 0 Å². The fourth-order valence-corrected chi connectivity index (χ4v) is 1.20. The van der Waals surface area contributed by atoms with Gasteiger partial charge in [0, 0.05) is 0 Å². The molecule has 0 amide bonds. The first-order valence-corrected chi connectivity index (χ1v) is 5.03. The van der Waals surface area contributed by atoms with Crippen molar-refractivity contribution < 1.29 is 0 Å². The monoisotopic (exact) mass is 173 g/mol. The third-order valence-electron chi connectivity index (χ3n) is 1.94. The van der Waals surface area contributed by atoms with Gasteiger partial charge in [0.15, 0.2) is 0 Å². The molecule has 0 heteroatoms. The molecule has 0 heterocycles. The van der Waals surface area contributed by atoms with Gasteiger partial charge in [-0.05, 0) is 38.2 Å². The van der Waals surface area contributed by atoms with Crippen molar-refractivity contribution in [3.63, 3.8) is 0 Å². The van der Waals surface area contributed by atoms with Crippen LogP contribution >= 0.6 is 0 Å². The normalized spacial score (nSPS) is 28.9. The van der Waals surface area contributed by atoms with Crippen LogP contribution in [0.2, 0.25) is 0 Å². The highest BCUT2D eigenvalue weighted by molar-refractivity contribution is 5.09. The van der Waals surface area contributed by atoms with E-state index in [4.69, 9.17) is 0 Å². The van der Waals surface area contributed by atoms with Crippen LogP contribution in [0.3, 0.4) is 0 Å². The van der Waals surface area contributed by atoms with Crippen LogP contribution in [0.5, 0.6) is 0 Å². The summed E-state index contributed by atoms with van der Waals surface area (Å²) in [5, 5.41) is 0. The molecule has 1 rings (SSSR count). The highest BCUT2D eigenvalue weighted by Crippen LogP contribution is 2.01. The molecule has 0 aromatic carbocycles. The highest BCUT2D eigenvalue weighted by atomic mass is 13.9. The van der Waals surface area contributed by atoms with Gasteiger partial charge in [0.25, 0.3) is 0 Å². The zero-order valence-electron chi connectivity index (χ0n) is 8.08. The lowest BCUT2D eigenvalue weighted by atomic mass is 10.2. The van der Waals surface area contributed by atoms with Crippen LogP contribution < -0.4 is 0 Å². The second-order valence-electron chi connectivity index (χ2n) is 3.12. The number of rotatable bonds is 0. The molecule has 0 nitrogen and oxygen atoms in total. The Hall–Kier alpha value is -1.04. The third-order valence-corrected chi connectivity index (χ3v) is 1.94. The second-order valence-corrected chi connectivity index (χ2v) is 3.12. The van der Waals surface area contributed by atoms with Crippen LogP contribution in [0.15, 0.2) is 42.5 Å². The minimum atomic E-state index is 1.03.